The van der Waals surface area contributed by atoms with Crippen LogP contribution >= 0.6 is 0 Å². The van der Waals surface area contributed by atoms with Crippen LogP contribution in [0.4, 0.5) is 0 Å². The van der Waals surface area contributed by atoms with E-state index in [1.54, 1.807) is 12.1 Å². The second kappa shape index (κ2) is 14.3. The molecule has 49 heavy (non-hydrogen) atoms. The van der Waals surface area contributed by atoms with Crippen molar-refractivity contribution in [2.45, 2.75) is 59.3 Å². The highest BCUT2D eigenvalue weighted by atomic mass is 16.3. The lowest BCUT2D eigenvalue weighted by atomic mass is 9.79. The number of phenols is 4. The predicted molar refractivity (Wildman–Crippen MR) is 201 cm³/mol. The first-order chi connectivity index (χ1) is 23.8. The Labute approximate surface area is 289 Å². The molecule has 4 nitrogen and oxygen atoms in total. The topological polar surface area (TPSA) is 80.9 Å². The van der Waals surface area contributed by atoms with Crippen LogP contribution in [0.15, 0.2) is 115 Å². The molecule has 0 saturated carbocycles. The number of hydrogen-bond acceptors (Lipinski definition) is 4. The normalized spacial score (nSPS) is 11.3. The first-order valence-electron chi connectivity index (χ1n) is 17.3. The van der Waals surface area contributed by atoms with Crippen LogP contribution < -0.4 is 0 Å². The summed E-state index contributed by atoms with van der Waals surface area (Å²) < 4.78 is 0. The molecule has 0 unspecified atom stereocenters. The van der Waals surface area contributed by atoms with Gasteiger partial charge in [-0.1, -0.05) is 94.4 Å². The van der Waals surface area contributed by atoms with Crippen molar-refractivity contribution < 1.29 is 20.4 Å². The Hall–Kier alpha value is -5.48. The molecule has 0 spiro atoms. The van der Waals surface area contributed by atoms with E-state index < -0.39 is 5.92 Å². The average molecular weight is 649 g/mol. The summed E-state index contributed by atoms with van der Waals surface area (Å²) in [4.78, 5) is 0. The van der Waals surface area contributed by atoms with E-state index in [1.165, 1.54) is 0 Å². The standard InChI is InChI=1S/C45H44O4/c1-5-28-22-35(18-20-41(28)46)37-24-30(7-3)44(48)39(26-37)43(34-16-14-33(15-17-34)32-12-10-9-11-13-32)40-27-38(25-31(8-4)45(40)49)36-19-21-42(47)29(6-2)23-36/h9-27,43,46-49H,5-8H2,1-4H3. The van der Waals surface area contributed by atoms with Crippen LogP contribution in [-0.4, -0.2) is 20.4 Å². The quantitative estimate of drug-likeness (QED) is 0.111. The van der Waals surface area contributed by atoms with E-state index in [9.17, 15) is 20.4 Å². The van der Waals surface area contributed by atoms with Crippen molar-refractivity contribution in [3.8, 4) is 56.4 Å². The van der Waals surface area contributed by atoms with Gasteiger partial charge in [-0.05, 0) is 135 Å². The van der Waals surface area contributed by atoms with E-state index in [1.807, 2.05) is 94.4 Å². The Morgan fingerprint density at radius 3 is 1.20 bits per heavy atom. The van der Waals surface area contributed by atoms with E-state index in [4.69, 9.17) is 0 Å². The van der Waals surface area contributed by atoms with Crippen molar-refractivity contribution in [3.63, 3.8) is 0 Å². The van der Waals surface area contributed by atoms with E-state index in [0.717, 1.165) is 61.2 Å². The fourth-order valence-corrected chi connectivity index (χ4v) is 6.87. The molecule has 0 aliphatic rings. The lowest BCUT2D eigenvalue weighted by Gasteiger charge is -2.25. The van der Waals surface area contributed by atoms with E-state index >= 15 is 0 Å². The number of aromatic hydroxyl groups is 4. The largest absolute Gasteiger partial charge is 0.508 e. The highest BCUT2D eigenvalue weighted by molar-refractivity contribution is 5.74. The van der Waals surface area contributed by atoms with Crippen LogP contribution in [0.2, 0.25) is 0 Å². The lowest BCUT2D eigenvalue weighted by Crippen LogP contribution is -2.07. The number of benzene rings is 6. The Kier molecular flexibility index (Phi) is 9.77. The third kappa shape index (κ3) is 6.64. The summed E-state index contributed by atoms with van der Waals surface area (Å²) in [6.07, 6.45) is 2.62. The van der Waals surface area contributed by atoms with Gasteiger partial charge in [-0.25, -0.2) is 0 Å². The zero-order chi connectivity index (χ0) is 34.7. The summed E-state index contributed by atoms with van der Waals surface area (Å²) in [5.74, 6) is 0.446. The highest BCUT2D eigenvalue weighted by Gasteiger charge is 2.27. The Bertz CT molecular complexity index is 1980. The van der Waals surface area contributed by atoms with Gasteiger partial charge < -0.3 is 20.4 Å². The molecule has 0 aromatic heterocycles. The molecule has 0 heterocycles. The van der Waals surface area contributed by atoms with Crippen molar-refractivity contribution in [1.82, 2.24) is 0 Å². The zero-order valence-corrected chi connectivity index (χ0v) is 28.7. The van der Waals surface area contributed by atoms with Gasteiger partial charge in [0.25, 0.3) is 0 Å². The molecule has 0 bridgehead atoms. The molecule has 4 N–H and O–H groups in total. The molecule has 248 valence electrons. The van der Waals surface area contributed by atoms with Crippen molar-refractivity contribution in [2.24, 2.45) is 0 Å². The number of hydrogen-bond donors (Lipinski definition) is 4. The monoisotopic (exact) mass is 648 g/mol. The van der Waals surface area contributed by atoms with E-state index in [-0.39, 0.29) is 23.0 Å². The fraction of sp³-hybridized carbons (Fsp3) is 0.200. The number of rotatable bonds is 10. The SMILES string of the molecule is CCc1cc(-c2cc(CC)c(O)c(C(c3ccc(-c4ccccc4)cc3)c3cc(-c4ccc(O)c(CC)c4)cc(CC)c3O)c2)ccc1O. The van der Waals surface area contributed by atoms with E-state index in [2.05, 4.69) is 36.4 Å². The Morgan fingerprint density at radius 2 is 0.776 bits per heavy atom. The molecule has 0 radical (unpaired) electrons. The molecule has 0 aliphatic carbocycles. The summed E-state index contributed by atoms with van der Waals surface area (Å²) in [6, 6.07) is 38.0. The van der Waals surface area contributed by atoms with Gasteiger partial charge in [0.1, 0.15) is 23.0 Å². The smallest absolute Gasteiger partial charge is 0.122 e. The molecular weight excluding hydrogens is 604 g/mol. The van der Waals surface area contributed by atoms with Crippen LogP contribution in [0.25, 0.3) is 33.4 Å². The van der Waals surface area contributed by atoms with Gasteiger partial charge >= 0.3 is 0 Å². The minimum Gasteiger partial charge on any atom is -0.508 e. The summed E-state index contributed by atoms with van der Waals surface area (Å²) in [5.41, 5.74) is 11.6. The van der Waals surface area contributed by atoms with Crippen LogP contribution in [-0.2, 0) is 25.7 Å². The van der Waals surface area contributed by atoms with E-state index in [0.29, 0.717) is 36.8 Å². The molecule has 0 atom stereocenters. The first-order valence-corrected chi connectivity index (χ1v) is 17.3. The van der Waals surface area contributed by atoms with Crippen LogP contribution in [0.5, 0.6) is 23.0 Å². The molecule has 0 fully saturated rings. The third-order valence-electron chi connectivity index (χ3n) is 9.76. The molecule has 6 aromatic rings. The van der Waals surface area contributed by atoms with Gasteiger partial charge in [0.15, 0.2) is 0 Å². The molecular formula is C45H44O4. The van der Waals surface area contributed by atoms with Gasteiger partial charge in [-0.15, -0.1) is 0 Å². The number of aryl methyl sites for hydroxylation is 4. The van der Waals surface area contributed by atoms with Crippen LogP contribution in [0.1, 0.15) is 72.6 Å². The number of phenolic OH excluding ortho intramolecular Hbond substituents is 4. The second-order valence-corrected chi connectivity index (χ2v) is 12.7. The molecule has 0 saturated heterocycles. The lowest BCUT2D eigenvalue weighted by molar-refractivity contribution is 0.452. The van der Waals surface area contributed by atoms with Crippen molar-refractivity contribution in [1.29, 1.82) is 0 Å². The van der Waals surface area contributed by atoms with Gasteiger partial charge in [-0.3, -0.25) is 0 Å². The summed E-state index contributed by atoms with van der Waals surface area (Å²) in [5, 5.41) is 44.8. The van der Waals surface area contributed by atoms with Gasteiger partial charge in [-0.2, -0.15) is 0 Å². The average Bonchev–Trinajstić information content (AvgIpc) is 3.14. The summed E-state index contributed by atoms with van der Waals surface area (Å²) in [7, 11) is 0. The minimum absolute atomic E-state index is 0.207. The molecule has 0 aliphatic heterocycles. The van der Waals surface area contributed by atoms with Gasteiger partial charge in [0.05, 0.1) is 0 Å². The maximum Gasteiger partial charge on any atom is 0.122 e. The third-order valence-corrected chi connectivity index (χ3v) is 9.76. The maximum atomic E-state index is 12.0. The molecule has 6 rings (SSSR count). The van der Waals surface area contributed by atoms with Gasteiger partial charge in [0, 0.05) is 17.0 Å². The predicted octanol–water partition coefficient (Wildman–Crippen LogP) is 10.9. The minimum atomic E-state index is -0.508. The molecule has 0 amide bonds. The van der Waals surface area contributed by atoms with Crippen LogP contribution in [0, 0.1) is 0 Å². The molecule has 4 heteroatoms. The zero-order valence-electron chi connectivity index (χ0n) is 28.7. The van der Waals surface area contributed by atoms with Crippen molar-refractivity contribution in [2.75, 3.05) is 0 Å². The maximum absolute atomic E-state index is 12.0. The van der Waals surface area contributed by atoms with Crippen molar-refractivity contribution in [3.05, 3.63) is 154 Å². The Balaban J connectivity index is 1.62. The van der Waals surface area contributed by atoms with Crippen molar-refractivity contribution >= 4 is 0 Å². The Morgan fingerprint density at radius 1 is 0.388 bits per heavy atom. The van der Waals surface area contributed by atoms with Crippen LogP contribution in [0.3, 0.4) is 0 Å². The van der Waals surface area contributed by atoms with Gasteiger partial charge in [0.2, 0.25) is 0 Å². The summed E-state index contributed by atoms with van der Waals surface area (Å²) >= 11 is 0. The highest BCUT2D eigenvalue weighted by Crippen LogP contribution is 2.46. The second-order valence-electron chi connectivity index (χ2n) is 12.7. The fourth-order valence-electron chi connectivity index (χ4n) is 6.87. The summed E-state index contributed by atoms with van der Waals surface area (Å²) in [6.45, 7) is 8.10. The molecule has 6 aromatic carbocycles. The first kappa shape index (κ1) is 33.4.